The average Bonchev–Trinajstić information content (AvgIpc) is 1.81. The van der Waals surface area contributed by atoms with Crippen molar-refractivity contribution in [3.8, 4) is 0 Å². The SMILES string of the molecule is C[Si](Cl)(Cl)C1CCC=CCCC1. The zero-order valence-corrected chi connectivity index (χ0v) is 10.0. The Balaban J connectivity index is 2.48. The Kier molecular flexibility index (Phi) is 4.14. The molecule has 0 fully saturated rings. The first-order valence-corrected chi connectivity index (χ1v) is 9.23. The second-order valence-corrected chi connectivity index (χ2v) is 11.7. The molecule has 1 aliphatic rings. The highest BCUT2D eigenvalue weighted by molar-refractivity contribution is 7.45. The van der Waals surface area contributed by atoms with Crippen LogP contribution < -0.4 is 0 Å². The molecule has 1 rings (SSSR count). The summed E-state index contributed by atoms with van der Waals surface area (Å²) in [7, 11) is 0. The van der Waals surface area contributed by atoms with Gasteiger partial charge in [-0.15, -0.1) is 22.2 Å². The van der Waals surface area contributed by atoms with Crippen LogP contribution in [-0.2, 0) is 0 Å². The van der Waals surface area contributed by atoms with Crippen molar-refractivity contribution >= 4 is 28.9 Å². The van der Waals surface area contributed by atoms with E-state index in [1.54, 1.807) is 0 Å². The van der Waals surface area contributed by atoms with Crippen LogP contribution in [0.5, 0.6) is 0 Å². The van der Waals surface area contributed by atoms with Gasteiger partial charge in [0.2, 0.25) is 0 Å². The maximum Gasteiger partial charge on any atom is 0.251 e. The highest BCUT2D eigenvalue weighted by atomic mass is 35.7. The Bertz CT molecular complexity index is 160. The van der Waals surface area contributed by atoms with Crippen LogP contribution in [0.1, 0.15) is 32.1 Å². The molecule has 0 radical (unpaired) electrons. The highest BCUT2D eigenvalue weighted by Crippen LogP contribution is 2.38. The third kappa shape index (κ3) is 3.50. The van der Waals surface area contributed by atoms with Crippen molar-refractivity contribution in [2.45, 2.75) is 44.2 Å². The fourth-order valence-corrected chi connectivity index (χ4v) is 4.36. The second kappa shape index (κ2) is 4.68. The molecule has 70 valence electrons. The van der Waals surface area contributed by atoms with Crippen LogP contribution in [0.15, 0.2) is 12.2 Å². The molecule has 1 aliphatic carbocycles. The highest BCUT2D eigenvalue weighted by Gasteiger charge is 2.32. The summed E-state index contributed by atoms with van der Waals surface area (Å²) in [5, 5.41) is 0. The fourth-order valence-electron chi connectivity index (χ4n) is 1.67. The molecule has 0 aromatic carbocycles. The van der Waals surface area contributed by atoms with Crippen LogP contribution in [0.4, 0.5) is 0 Å². The summed E-state index contributed by atoms with van der Waals surface area (Å²) in [4.78, 5) is 0. The molecular formula is C9H16Cl2Si. The molecule has 3 heteroatoms. The molecule has 0 saturated carbocycles. The van der Waals surface area contributed by atoms with Gasteiger partial charge in [-0.2, -0.15) is 0 Å². The molecule has 0 aromatic rings. The smallest absolute Gasteiger partial charge is 0.146 e. The van der Waals surface area contributed by atoms with E-state index in [4.69, 9.17) is 22.2 Å². The quantitative estimate of drug-likeness (QED) is 0.350. The lowest BCUT2D eigenvalue weighted by molar-refractivity contribution is 0.628. The minimum absolute atomic E-state index is 0.603. The predicted molar refractivity (Wildman–Crippen MR) is 59.3 cm³/mol. The van der Waals surface area contributed by atoms with E-state index in [-0.39, 0.29) is 0 Å². The van der Waals surface area contributed by atoms with Crippen molar-refractivity contribution in [2.75, 3.05) is 0 Å². The van der Waals surface area contributed by atoms with E-state index in [1.165, 1.54) is 25.7 Å². The third-order valence-corrected chi connectivity index (χ3v) is 6.35. The minimum Gasteiger partial charge on any atom is -0.146 e. The zero-order valence-electron chi connectivity index (χ0n) is 7.52. The molecule has 0 aliphatic heterocycles. The van der Waals surface area contributed by atoms with Gasteiger partial charge in [0.1, 0.15) is 0 Å². The minimum atomic E-state index is -1.90. The third-order valence-electron chi connectivity index (χ3n) is 2.49. The lowest BCUT2D eigenvalue weighted by atomic mass is 10.1. The molecule has 1 atom stereocenters. The van der Waals surface area contributed by atoms with Crippen LogP contribution in [0.25, 0.3) is 0 Å². The van der Waals surface area contributed by atoms with E-state index in [1.807, 2.05) is 6.55 Å². The van der Waals surface area contributed by atoms with Crippen LogP contribution in [0.2, 0.25) is 12.1 Å². The first-order chi connectivity index (χ1) is 5.61. The second-order valence-electron chi connectivity index (χ2n) is 3.63. The Morgan fingerprint density at radius 3 is 2.50 bits per heavy atom. The van der Waals surface area contributed by atoms with Crippen molar-refractivity contribution in [3.05, 3.63) is 12.2 Å². The molecule has 0 bridgehead atoms. The van der Waals surface area contributed by atoms with Crippen LogP contribution in [-0.4, -0.2) is 6.69 Å². The predicted octanol–water partition coefficient (Wildman–Crippen LogP) is 4.43. The van der Waals surface area contributed by atoms with Gasteiger partial charge in [0, 0.05) is 0 Å². The Hall–Kier alpha value is 0.537. The normalized spacial score (nSPS) is 26.4. The Morgan fingerprint density at radius 1 is 1.17 bits per heavy atom. The van der Waals surface area contributed by atoms with Gasteiger partial charge in [-0.1, -0.05) is 18.6 Å². The van der Waals surface area contributed by atoms with Crippen molar-refractivity contribution in [3.63, 3.8) is 0 Å². The molecule has 0 aromatic heterocycles. The molecule has 0 amide bonds. The first kappa shape index (κ1) is 10.6. The van der Waals surface area contributed by atoms with E-state index >= 15 is 0 Å². The van der Waals surface area contributed by atoms with Gasteiger partial charge >= 0.3 is 0 Å². The van der Waals surface area contributed by atoms with E-state index in [9.17, 15) is 0 Å². The summed E-state index contributed by atoms with van der Waals surface area (Å²) < 4.78 is 0. The largest absolute Gasteiger partial charge is 0.251 e. The maximum absolute atomic E-state index is 6.22. The van der Waals surface area contributed by atoms with Crippen molar-refractivity contribution in [2.24, 2.45) is 0 Å². The summed E-state index contributed by atoms with van der Waals surface area (Å²) in [5.41, 5.74) is 0.603. The number of hydrogen-bond donors (Lipinski definition) is 0. The van der Waals surface area contributed by atoms with E-state index in [2.05, 4.69) is 12.2 Å². The van der Waals surface area contributed by atoms with Gasteiger partial charge < -0.3 is 0 Å². The topological polar surface area (TPSA) is 0 Å². The summed E-state index contributed by atoms with van der Waals surface area (Å²) in [6, 6.07) is 0. The van der Waals surface area contributed by atoms with Crippen LogP contribution in [0, 0.1) is 0 Å². The average molecular weight is 223 g/mol. The number of halogens is 2. The Labute approximate surface area is 85.4 Å². The molecule has 0 saturated heterocycles. The molecule has 1 unspecified atom stereocenters. The number of allylic oxidation sites excluding steroid dienone is 2. The van der Waals surface area contributed by atoms with Gasteiger partial charge in [0.15, 0.2) is 0 Å². The molecule has 12 heavy (non-hydrogen) atoms. The number of hydrogen-bond acceptors (Lipinski definition) is 0. The maximum atomic E-state index is 6.22. The fraction of sp³-hybridized carbons (Fsp3) is 0.778. The standard InChI is InChI=1S/C9H16Cl2Si/c1-12(10,11)9-7-5-3-2-4-6-8-9/h2-3,9H,4-8H2,1H3. The monoisotopic (exact) mass is 222 g/mol. The Morgan fingerprint density at radius 2 is 1.83 bits per heavy atom. The lowest BCUT2D eigenvalue weighted by Crippen LogP contribution is -2.22. The van der Waals surface area contributed by atoms with Gasteiger partial charge in [-0.3, -0.25) is 0 Å². The van der Waals surface area contributed by atoms with Crippen LogP contribution >= 0.6 is 22.2 Å². The summed E-state index contributed by atoms with van der Waals surface area (Å²) in [6.45, 7) is 0.147. The van der Waals surface area contributed by atoms with Crippen LogP contribution in [0.3, 0.4) is 0 Å². The molecule has 0 spiro atoms. The molecule has 0 nitrogen and oxygen atoms in total. The van der Waals surface area contributed by atoms with Gasteiger partial charge in [0.25, 0.3) is 6.69 Å². The van der Waals surface area contributed by atoms with E-state index in [0.717, 1.165) is 6.42 Å². The summed E-state index contributed by atoms with van der Waals surface area (Å²) >= 11 is 12.4. The van der Waals surface area contributed by atoms with Crippen molar-refractivity contribution in [1.29, 1.82) is 0 Å². The molecule has 0 N–H and O–H groups in total. The van der Waals surface area contributed by atoms with Crippen molar-refractivity contribution in [1.82, 2.24) is 0 Å². The lowest BCUT2D eigenvalue weighted by Gasteiger charge is -2.24. The van der Waals surface area contributed by atoms with Crippen molar-refractivity contribution < 1.29 is 0 Å². The van der Waals surface area contributed by atoms with E-state index in [0.29, 0.717) is 5.54 Å². The van der Waals surface area contributed by atoms with Gasteiger partial charge in [-0.05, 0) is 37.8 Å². The summed E-state index contributed by atoms with van der Waals surface area (Å²) in [6.07, 6.45) is 10.6. The van der Waals surface area contributed by atoms with Gasteiger partial charge in [0.05, 0.1) is 0 Å². The number of rotatable bonds is 1. The first-order valence-electron chi connectivity index (χ1n) is 4.63. The summed E-state index contributed by atoms with van der Waals surface area (Å²) in [5.74, 6) is 0. The van der Waals surface area contributed by atoms with E-state index < -0.39 is 6.69 Å². The molecular weight excluding hydrogens is 207 g/mol. The molecule has 0 heterocycles. The van der Waals surface area contributed by atoms with Gasteiger partial charge in [-0.25, -0.2) is 0 Å². The zero-order chi connectivity index (χ0) is 9.03.